The van der Waals surface area contributed by atoms with E-state index in [1.807, 2.05) is 6.07 Å². The monoisotopic (exact) mass is 241 g/mol. The highest BCUT2D eigenvalue weighted by molar-refractivity contribution is 9.11. The predicted molar refractivity (Wildman–Crippen MR) is 58.0 cm³/mol. The van der Waals surface area contributed by atoms with Gasteiger partial charge >= 0.3 is 0 Å². The van der Waals surface area contributed by atoms with Crippen molar-refractivity contribution in [2.75, 3.05) is 11.9 Å². The molecule has 1 aromatic heterocycles. The lowest BCUT2D eigenvalue weighted by atomic mass is 10.3. The lowest BCUT2D eigenvalue weighted by molar-refractivity contribution is 0.995. The molecule has 0 aromatic carbocycles. The molecule has 13 heavy (non-hydrogen) atoms. The van der Waals surface area contributed by atoms with Crippen molar-refractivity contribution in [2.45, 2.75) is 13.3 Å². The molecule has 0 saturated carbocycles. The van der Waals surface area contributed by atoms with E-state index in [9.17, 15) is 0 Å². The minimum Gasteiger partial charge on any atom is -0.365 e. The molecular weight excluding hydrogens is 230 g/mol. The van der Waals surface area contributed by atoms with Crippen LogP contribution in [-0.4, -0.2) is 16.5 Å². The van der Waals surface area contributed by atoms with Crippen molar-refractivity contribution in [2.24, 2.45) is 0 Å². The van der Waals surface area contributed by atoms with Crippen molar-refractivity contribution < 1.29 is 0 Å². The van der Waals surface area contributed by atoms with E-state index in [1.165, 1.54) is 0 Å². The van der Waals surface area contributed by atoms with Crippen LogP contribution in [0.3, 0.4) is 0 Å². The van der Waals surface area contributed by atoms with Crippen LogP contribution in [0.4, 0.5) is 5.82 Å². The second-order valence-electron chi connectivity index (χ2n) is 2.62. The van der Waals surface area contributed by atoms with E-state index in [2.05, 4.69) is 44.7 Å². The van der Waals surface area contributed by atoms with E-state index in [-0.39, 0.29) is 0 Å². The molecule has 1 heterocycles. The average Bonchev–Trinajstić information content (AvgIpc) is 2.15. The van der Waals surface area contributed by atoms with Crippen LogP contribution >= 0.6 is 15.9 Å². The molecule has 0 aliphatic heterocycles. The van der Waals surface area contributed by atoms with E-state index < -0.39 is 0 Å². The molecule has 0 fully saturated rings. The predicted octanol–water partition coefficient (Wildman–Crippen LogP) is 2.36. The topological polar surface area (TPSA) is 37.8 Å². The van der Waals surface area contributed by atoms with Crippen LogP contribution in [0.2, 0.25) is 0 Å². The summed E-state index contributed by atoms with van der Waals surface area (Å²) in [5.74, 6) is 0.840. The first-order chi connectivity index (χ1) is 6.22. The van der Waals surface area contributed by atoms with E-state index in [0.717, 1.165) is 22.4 Å². The summed E-state index contributed by atoms with van der Waals surface area (Å²) in [6.07, 6.45) is 2.49. The molecule has 0 aliphatic rings. The molecule has 0 saturated heterocycles. The number of hydrogen-bond donors (Lipinski definition) is 1. The summed E-state index contributed by atoms with van der Waals surface area (Å²) in [4.78, 5) is 8.17. The highest BCUT2D eigenvalue weighted by Gasteiger charge is 1.95. The summed E-state index contributed by atoms with van der Waals surface area (Å²) in [6, 6.07) is 1.94. The van der Waals surface area contributed by atoms with Crippen molar-refractivity contribution in [3.63, 3.8) is 0 Å². The highest BCUT2D eigenvalue weighted by Crippen LogP contribution is 2.06. The molecule has 0 bridgehead atoms. The Hall–Kier alpha value is -0.900. The van der Waals surface area contributed by atoms with Crippen LogP contribution < -0.4 is 5.32 Å². The first-order valence-electron chi connectivity index (χ1n) is 4.10. The van der Waals surface area contributed by atoms with Crippen molar-refractivity contribution >= 4 is 21.7 Å². The Morgan fingerprint density at radius 2 is 2.38 bits per heavy atom. The number of rotatable bonds is 4. The molecule has 0 radical (unpaired) electrons. The molecule has 1 rings (SSSR count). The van der Waals surface area contributed by atoms with Gasteiger partial charge in [0.2, 0.25) is 0 Å². The second kappa shape index (κ2) is 4.97. The zero-order valence-electron chi connectivity index (χ0n) is 7.55. The Kier molecular flexibility index (Phi) is 3.89. The van der Waals surface area contributed by atoms with Gasteiger partial charge in [-0.3, -0.25) is 0 Å². The first kappa shape index (κ1) is 10.2. The maximum absolute atomic E-state index is 4.10. The third-order valence-corrected chi connectivity index (χ3v) is 1.83. The minimum absolute atomic E-state index is 0.681. The Morgan fingerprint density at radius 3 is 3.00 bits per heavy atom. The number of nitrogens with zero attached hydrogens (tertiary/aromatic N) is 2. The molecule has 3 nitrogen and oxygen atoms in total. The van der Waals surface area contributed by atoms with Crippen molar-refractivity contribution in [3.05, 3.63) is 29.1 Å². The summed E-state index contributed by atoms with van der Waals surface area (Å²) >= 11 is 3.27. The Bertz CT molecular complexity index is 299. The van der Waals surface area contributed by atoms with Crippen LogP contribution in [0.25, 0.3) is 0 Å². The lowest BCUT2D eigenvalue weighted by Crippen LogP contribution is -2.03. The van der Waals surface area contributed by atoms with Gasteiger partial charge in [-0.05, 0) is 6.42 Å². The first-order valence-corrected chi connectivity index (χ1v) is 4.89. The average molecular weight is 242 g/mol. The molecule has 0 atom stereocenters. The van der Waals surface area contributed by atoms with Crippen LogP contribution in [0.1, 0.15) is 12.6 Å². The summed E-state index contributed by atoms with van der Waals surface area (Å²) in [5, 5.41) is 3.12. The number of halogens is 1. The molecular formula is C9H12BrN3. The highest BCUT2D eigenvalue weighted by atomic mass is 79.9. The largest absolute Gasteiger partial charge is 0.365 e. The van der Waals surface area contributed by atoms with Crippen LogP contribution in [-0.2, 0) is 6.42 Å². The molecule has 1 N–H and O–H groups in total. The van der Waals surface area contributed by atoms with Gasteiger partial charge < -0.3 is 5.32 Å². The van der Waals surface area contributed by atoms with Gasteiger partial charge in [0.15, 0.2) is 0 Å². The normalized spacial score (nSPS) is 9.69. The summed E-state index contributed by atoms with van der Waals surface area (Å²) in [5.41, 5.74) is 1.04. The summed E-state index contributed by atoms with van der Waals surface area (Å²) in [7, 11) is 0. The number of aryl methyl sites for hydroxylation is 1. The molecule has 1 aromatic rings. The van der Waals surface area contributed by atoms with Gasteiger partial charge in [-0.15, -0.1) is 0 Å². The maximum Gasteiger partial charge on any atom is 0.129 e. The maximum atomic E-state index is 4.10. The van der Waals surface area contributed by atoms with E-state index in [1.54, 1.807) is 6.33 Å². The van der Waals surface area contributed by atoms with Crippen molar-refractivity contribution in [1.82, 2.24) is 9.97 Å². The number of anilines is 1. The molecule has 0 amide bonds. The third kappa shape index (κ3) is 3.55. The van der Waals surface area contributed by atoms with Crippen LogP contribution in [0.5, 0.6) is 0 Å². The van der Waals surface area contributed by atoms with Gasteiger partial charge in [0, 0.05) is 22.8 Å². The Morgan fingerprint density at radius 1 is 1.62 bits per heavy atom. The molecule has 70 valence electrons. The molecule has 4 heteroatoms. The van der Waals surface area contributed by atoms with Crippen LogP contribution in [0, 0.1) is 0 Å². The van der Waals surface area contributed by atoms with Gasteiger partial charge in [0.25, 0.3) is 0 Å². The Balaban J connectivity index is 2.61. The smallest absolute Gasteiger partial charge is 0.129 e. The SMILES string of the molecule is C=C(Br)CNc1cc(CC)ncn1. The van der Waals surface area contributed by atoms with Crippen molar-refractivity contribution in [3.8, 4) is 0 Å². The van der Waals surface area contributed by atoms with Gasteiger partial charge in [0.1, 0.15) is 12.1 Å². The quantitative estimate of drug-likeness (QED) is 0.880. The van der Waals surface area contributed by atoms with E-state index in [4.69, 9.17) is 0 Å². The van der Waals surface area contributed by atoms with E-state index >= 15 is 0 Å². The number of nitrogens with one attached hydrogen (secondary N) is 1. The second-order valence-corrected chi connectivity index (χ2v) is 3.74. The van der Waals surface area contributed by atoms with Crippen LogP contribution in [0.15, 0.2) is 23.5 Å². The van der Waals surface area contributed by atoms with Gasteiger partial charge in [0.05, 0.1) is 0 Å². The zero-order chi connectivity index (χ0) is 9.68. The Labute approximate surface area is 86.4 Å². The van der Waals surface area contributed by atoms with E-state index in [0.29, 0.717) is 6.54 Å². The molecule has 0 unspecified atom stereocenters. The number of aromatic nitrogens is 2. The molecule has 0 aliphatic carbocycles. The lowest BCUT2D eigenvalue weighted by Gasteiger charge is -2.04. The fraction of sp³-hybridized carbons (Fsp3) is 0.333. The van der Waals surface area contributed by atoms with Gasteiger partial charge in [-0.25, -0.2) is 9.97 Å². The standard InChI is InChI=1S/C9H12BrN3/c1-3-8-4-9(13-6-12-8)11-5-7(2)10/h4,6H,2-3,5H2,1H3,(H,11,12,13). The minimum atomic E-state index is 0.681. The number of hydrogen-bond acceptors (Lipinski definition) is 3. The summed E-state index contributed by atoms with van der Waals surface area (Å²) in [6.45, 7) is 6.47. The fourth-order valence-electron chi connectivity index (χ4n) is 0.874. The molecule has 0 spiro atoms. The fourth-order valence-corrected chi connectivity index (χ4v) is 1.01. The third-order valence-electron chi connectivity index (χ3n) is 1.55. The van der Waals surface area contributed by atoms with Gasteiger partial charge in [-0.1, -0.05) is 29.4 Å². The zero-order valence-corrected chi connectivity index (χ0v) is 9.13. The van der Waals surface area contributed by atoms with Gasteiger partial charge in [-0.2, -0.15) is 0 Å². The van der Waals surface area contributed by atoms with Crippen molar-refractivity contribution in [1.29, 1.82) is 0 Å². The summed E-state index contributed by atoms with van der Waals surface area (Å²) < 4.78 is 0.907.